The third-order valence-corrected chi connectivity index (χ3v) is 3.83. The fraction of sp³-hybridized carbons (Fsp3) is 0.294. The van der Waals surface area contributed by atoms with Crippen LogP contribution in [0.25, 0.3) is 0 Å². The number of ether oxygens (including phenoxy) is 1. The van der Waals surface area contributed by atoms with Gasteiger partial charge in [-0.15, -0.1) is 0 Å². The fourth-order valence-electron chi connectivity index (χ4n) is 2.89. The van der Waals surface area contributed by atoms with E-state index in [1.54, 1.807) is 6.07 Å². The lowest BCUT2D eigenvalue weighted by Gasteiger charge is -2.18. The van der Waals surface area contributed by atoms with Crippen LogP contribution in [0.1, 0.15) is 36.6 Å². The predicted octanol–water partition coefficient (Wildman–Crippen LogP) is 3.78. The van der Waals surface area contributed by atoms with E-state index in [-0.39, 0.29) is 17.9 Å². The van der Waals surface area contributed by atoms with Gasteiger partial charge in [0.15, 0.2) is 0 Å². The highest BCUT2D eigenvalue weighted by Crippen LogP contribution is 2.40. The van der Waals surface area contributed by atoms with Crippen LogP contribution in [-0.2, 0) is 0 Å². The molecule has 2 aromatic rings. The number of hydrogen-bond donors (Lipinski definition) is 2. The van der Waals surface area contributed by atoms with Crippen molar-refractivity contribution >= 4 is 5.69 Å². The molecule has 0 saturated heterocycles. The first-order valence-electron chi connectivity index (χ1n) is 7.22. The Bertz CT molecular complexity index is 644. The second kappa shape index (κ2) is 5.74. The van der Waals surface area contributed by atoms with Crippen molar-refractivity contribution in [2.24, 2.45) is 5.73 Å². The van der Waals surface area contributed by atoms with Crippen LogP contribution >= 0.6 is 0 Å². The minimum atomic E-state index is -0.299. The molecule has 0 heterocycles. The Kier molecular flexibility index (Phi) is 3.80. The van der Waals surface area contributed by atoms with Gasteiger partial charge in [-0.1, -0.05) is 24.3 Å². The maximum atomic E-state index is 13.4. The van der Waals surface area contributed by atoms with Crippen LogP contribution in [0.5, 0.6) is 5.75 Å². The number of nitrogens with one attached hydrogen (secondary N) is 1. The Hall–Kier alpha value is -2.07. The molecule has 0 fully saturated rings. The highest BCUT2D eigenvalue weighted by Gasteiger charge is 2.28. The molecule has 2 aromatic carbocycles. The molecule has 0 bridgehead atoms. The zero-order chi connectivity index (χ0) is 14.8. The van der Waals surface area contributed by atoms with E-state index in [0.29, 0.717) is 12.4 Å². The van der Waals surface area contributed by atoms with Gasteiger partial charge in [0.2, 0.25) is 0 Å². The Balaban J connectivity index is 1.88. The summed E-state index contributed by atoms with van der Waals surface area (Å²) in [6.45, 7) is 2.38. The van der Waals surface area contributed by atoms with Gasteiger partial charge in [0.1, 0.15) is 11.6 Å². The first-order chi connectivity index (χ1) is 10.2. The van der Waals surface area contributed by atoms with Crippen LogP contribution in [0.2, 0.25) is 0 Å². The first-order valence-corrected chi connectivity index (χ1v) is 7.22. The van der Waals surface area contributed by atoms with Crippen molar-refractivity contribution in [1.29, 1.82) is 0 Å². The molecule has 3 nitrogen and oxygen atoms in total. The number of fused-ring (bicyclic) bond motifs is 1. The normalized spacial score (nSPS) is 20.1. The molecule has 1 aliphatic carbocycles. The van der Waals surface area contributed by atoms with E-state index in [1.165, 1.54) is 23.3 Å². The van der Waals surface area contributed by atoms with Gasteiger partial charge >= 0.3 is 0 Å². The van der Waals surface area contributed by atoms with Crippen LogP contribution < -0.4 is 15.8 Å². The number of benzene rings is 2. The van der Waals surface area contributed by atoms with Gasteiger partial charge in [-0.25, -0.2) is 4.39 Å². The Morgan fingerprint density at radius 2 is 2.00 bits per heavy atom. The van der Waals surface area contributed by atoms with E-state index >= 15 is 0 Å². The van der Waals surface area contributed by atoms with E-state index in [2.05, 4.69) is 17.4 Å². The Labute approximate surface area is 123 Å². The minimum Gasteiger partial charge on any atom is -0.492 e. The predicted molar refractivity (Wildman–Crippen MR) is 81.9 cm³/mol. The van der Waals surface area contributed by atoms with Crippen molar-refractivity contribution in [3.63, 3.8) is 0 Å². The molecular formula is C17H19FN2O. The number of hydrogen-bond acceptors (Lipinski definition) is 3. The summed E-state index contributed by atoms with van der Waals surface area (Å²) >= 11 is 0. The maximum Gasteiger partial charge on any atom is 0.145 e. The summed E-state index contributed by atoms with van der Waals surface area (Å²) in [4.78, 5) is 0. The SMILES string of the molecule is CCOc1cc(F)ccc1NC1CC(N)c2ccccc21. The van der Waals surface area contributed by atoms with E-state index in [0.717, 1.165) is 12.1 Å². The molecule has 0 saturated carbocycles. The molecule has 21 heavy (non-hydrogen) atoms. The zero-order valence-corrected chi connectivity index (χ0v) is 12.0. The monoisotopic (exact) mass is 286 g/mol. The van der Waals surface area contributed by atoms with Gasteiger partial charge < -0.3 is 15.8 Å². The molecule has 0 aromatic heterocycles. The summed E-state index contributed by atoms with van der Waals surface area (Å²) in [5.41, 5.74) is 9.36. The standard InChI is InChI=1S/C17H19FN2O/c1-2-21-17-9-11(18)7-8-15(17)20-16-10-14(19)12-5-3-4-6-13(12)16/h3-9,14,16,20H,2,10,19H2,1H3. The summed E-state index contributed by atoms with van der Waals surface area (Å²) < 4.78 is 18.9. The molecular weight excluding hydrogens is 267 g/mol. The fourth-order valence-corrected chi connectivity index (χ4v) is 2.89. The molecule has 2 unspecified atom stereocenters. The van der Waals surface area contributed by atoms with Gasteiger partial charge in [-0.2, -0.15) is 0 Å². The molecule has 110 valence electrons. The van der Waals surface area contributed by atoms with Gasteiger partial charge in [0.25, 0.3) is 0 Å². The van der Waals surface area contributed by atoms with Crippen LogP contribution in [0.15, 0.2) is 42.5 Å². The third-order valence-electron chi connectivity index (χ3n) is 3.83. The summed E-state index contributed by atoms with van der Waals surface area (Å²) in [7, 11) is 0. The topological polar surface area (TPSA) is 47.3 Å². The molecule has 3 N–H and O–H groups in total. The van der Waals surface area contributed by atoms with Crippen LogP contribution in [0.3, 0.4) is 0 Å². The molecule has 2 atom stereocenters. The van der Waals surface area contributed by atoms with E-state index in [1.807, 2.05) is 19.1 Å². The summed E-state index contributed by atoms with van der Waals surface area (Å²) in [6, 6.07) is 12.9. The zero-order valence-electron chi connectivity index (χ0n) is 12.0. The van der Waals surface area contributed by atoms with Gasteiger partial charge in [0.05, 0.1) is 18.3 Å². The average molecular weight is 286 g/mol. The lowest BCUT2D eigenvalue weighted by atomic mass is 10.1. The van der Waals surface area contributed by atoms with Gasteiger partial charge in [-0.3, -0.25) is 0 Å². The van der Waals surface area contributed by atoms with Crippen molar-refractivity contribution in [2.75, 3.05) is 11.9 Å². The van der Waals surface area contributed by atoms with Gasteiger partial charge in [0, 0.05) is 12.1 Å². The number of anilines is 1. The molecule has 4 heteroatoms. The summed E-state index contributed by atoms with van der Waals surface area (Å²) in [6.07, 6.45) is 0.822. The van der Waals surface area contributed by atoms with Crippen LogP contribution in [0.4, 0.5) is 10.1 Å². The largest absolute Gasteiger partial charge is 0.492 e. The third kappa shape index (κ3) is 2.72. The molecule has 0 radical (unpaired) electrons. The summed E-state index contributed by atoms with van der Waals surface area (Å²) in [5, 5.41) is 3.44. The van der Waals surface area contributed by atoms with Crippen LogP contribution in [-0.4, -0.2) is 6.61 Å². The van der Waals surface area contributed by atoms with Crippen molar-refractivity contribution < 1.29 is 9.13 Å². The average Bonchev–Trinajstić information content (AvgIpc) is 2.79. The van der Waals surface area contributed by atoms with E-state index in [4.69, 9.17) is 10.5 Å². The molecule has 3 rings (SSSR count). The van der Waals surface area contributed by atoms with E-state index < -0.39 is 0 Å². The highest BCUT2D eigenvalue weighted by molar-refractivity contribution is 5.58. The smallest absolute Gasteiger partial charge is 0.145 e. The Morgan fingerprint density at radius 1 is 1.24 bits per heavy atom. The van der Waals surface area contributed by atoms with E-state index in [9.17, 15) is 4.39 Å². The Morgan fingerprint density at radius 3 is 2.76 bits per heavy atom. The lowest BCUT2D eigenvalue weighted by Crippen LogP contribution is -2.11. The number of halogens is 1. The number of nitrogens with two attached hydrogens (primary N) is 1. The molecule has 0 amide bonds. The lowest BCUT2D eigenvalue weighted by molar-refractivity contribution is 0.339. The molecule has 0 aliphatic heterocycles. The van der Waals surface area contributed by atoms with Crippen molar-refractivity contribution in [2.45, 2.75) is 25.4 Å². The second-order valence-electron chi connectivity index (χ2n) is 5.24. The minimum absolute atomic E-state index is 0.0368. The van der Waals surface area contributed by atoms with Gasteiger partial charge in [-0.05, 0) is 36.6 Å². The quantitative estimate of drug-likeness (QED) is 0.899. The van der Waals surface area contributed by atoms with Crippen molar-refractivity contribution in [3.05, 3.63) is 59.4 Å². The second-order valence-corrected chi connectivity index (χ2v) is 5.24. The summed E-state index contributed by atoms with van der Waals surface area (Å²) in [5.74, 6) is 0.239. The van der Waals surface area contributed by atoms with Crippen molar-refractivity contribution in [1.82, 2.24) is 0 Å². The molecule has 0 spiro atoms. The highest BCUT2D eigenvalue weighted by atomic mass is 19.1. The maximum absolute atomic E-state index is 13.4. The molecule has 1 aliphatic rings. The van der Waals surface area contributed by atoms with Crippen molar-refractivity contribution in [3.8, 4) is 5.75 Å². The number of rotatable bonds is 4. The van der Waals surface area contributed by atoms with Crippen LogP contribution in [0, 0.1) is 5.82 Å². The first kappa shape index (κ1) is 13.9.